The highest BCUT2D eigenvalue weighted by molar-refractivity contribution is 5.81. The fraction of sp³-hybridized carbons (Fsp3) is 0.579. The Morgan fingerprint density at radius 3 is 2.59 bits per heavy atom. The van der Waals surface area contributed by atoms with Crippen molar-refractivity contribution in [3.8, 4) is 0 Å². The summed E-state index contributed by atoms with van der Waals surface area (Å²) in [6, 6.07) is 5.75. The minimum absolute atomic E-state index is 0.0375. The predicted molar refractivity (Wildman–Crippen MR) is 97.4 cm³/mol. The zero-order chi connectivity index (χ0) is 18.9. The van der Waals surface area contributed by atoms with Crippen LogP contribution in [0.3, 0.4) is 0 Å². The summed E-state index contributed by atoms with van der Waals surface area (Å²) < 4.78 is 14.8. The summed E-state index contributed by atoms with van der Waals surface area (Å²) in [5, 5.41) is 15.1. The highest BCUT2D eigenvalue weighted by Gasteiger charge is 2.39. The van der Waals surface area contributed by atoms with E-state index < -0.39 is 6.04 Å². The second-order valence-corrected chi connectivity index (χ2v) is 7.77. The van der Waals surface area contributed by atoms with Crippen LogP contribution >= 0.6 is 0 Å². The molecule has 7 nitrogen and oxygen atoms in total. The van der Waals surface area contributed by atoms with Gasteiger partial charge in [0.15, 0.2) is 0 Å². The Balaban J connectivity index is 1.52. The maximum absolute atomic E-state index is 13.3. The maximum Gasteiger partial charge on any atom is 0.247 e. The Morgan fingerprint density at radius 1 is 1.26 bits per heavy atom. The average Bonchev–Trinajstić information content (AvgIpc) is 3.31. The second-order valence-electron chi connectivity index (χ2n) is 7.77. The van der Waals surface area contributed by atoms with Crippen molar-refractivity contribution in [1.29, 1.82) is 0 Å². The Bertz CT molecular complexity index is 789. The number of aryl methyl sites for hydroxylation is 1. The van der Waals surface area contributed by atoms with E-state index in [0.29, 0.717) is 17.7 Å². The number of rotatable bonds is 4. The van der Waals surface area contributed by atoms with E-state index in [9.17, 15) is 9.18 Å². The maximum atomic E-state index is 13.3. The molecule has 0 aliphatic carbocycles. The summed E-state index contributed by atoms with van der Waals surface area (Å²) in [6.45, 7) is 5.45. The van der Waals surface area contributed by atoms with Crippen LogP contribution in [0.2, 0.25) is 0 Å². The number of tetrazole rings is 1. The highest BCUT2D eigenvalue weighted by Crippen LogP contribution is 2.37. The molecule has 2 aliphatic heterocycles. The fourth-order valence-electron chi connectivity index (χ4n) is 4.28. The number of halogens is 1. The predicted octanol–water partition coefficient (Wildman–Crippen LogP) is 1.51. The Kier molecular flexibility index (Phi) is 4.90. The van der Waals surface area contributed by atoms with Crippen molar-refractivity contribution in [2.24, 2.45) is 5.41 Å². The molecule has 144 valence electrons. The minimum Gasteiger partial charge on any atom is -0.341 e. The van der Waals surface area contributed by atoms with Crippen LogP contribution in [0.4, 0.5) is 4.39 Å². The number of hydrogen-bond donors (Lipinski definition) is 1. The Hall–Kier alpha value is -2.35. The summed E-state index contributed by atoms with van der Waals surface area (Å²) in [7, 11) is 0. The van der Waals surface area contributed by atoms with Gasteiger partial charge in [-0.05, 0) is 66.3 Å². The third-order valence-corrected chi connectivity index (χ3v) is 6.05. The standard InChI is InChI=1S/C19H25FN6O/c1-14-22-23-24-26(14)17(12-15-2-4-16(20)5-3-15)18(27)25-10-7-19(8-11-25)6-9-21-13-19/h2-5,17,21H,6-13H2,1H3. The van der Waals surface area contributed by atoms with Crippen LogP contribution in [-0.2, 0) is 11.2 Å². The van der Waals surface area contributed by atoms with Crippen LogP contribution in [0.15, 0.2) is 24.3 Å². The van der Waals surface area contributed by atoms with E-state index >= 15 is 0 Å². The fourth-order valence-corrected chi connectivity index (χ4v) is 4.28. The molecule has 0 radical (unpaired) electrons. The lowest BCUT2D eigenvalue weighted by molar-refractivity contribution is -0.137. The molecule has 2 aromatic rings. The summed E-state index contributed by atoms with van der Waals surface area (Å²) >= 11 is 0. The molecule has 1 atom stereocenters. The molecule has 0 saturated carbocycles. The van der Waals surface area contributed by atoms with E-state index in [1.54, 1.807) is 23.7 Å². The molecule has 0 bridgehead atoms. The van der Waals surface area contributed by atoms with E-state index in [-0.39, 0.29) is 11.7 Å². The molecule has 1 amide bonds. The number of aromatic nitrogens is 4. The van der Waals surface area contributed by atoms with E-state index in [0.717, 1.165) is 44.6 Å². The van der Waals surface area contributed by atoms with Crippen LogP contribution in [-0.4, -0.2) is 57.2 Å². The van der Waals surface area contributed by atoms with Crippen molar-refractivity contribution in [3.05, 3.63) is 41.5 Å². The third-order valence-electron chi connectivity index (χ3n) is 6.05. The van der Waals surface area contributed by atoms with Gasteiger partial charge in [-0.3, -0.25) is 4.79 Å². The zero-order valence-corrected chi connectivity index (χ0v) is 15.6. The summed E-state index contributed by atoms with van der Waals surface area (Å²) in [5.41, 5.74) is 1.24. The molecule has 2 aliphatic rings. The van der Waals surface area contributed by atoms with Gasteiger partial charge in [0.1, 0.15) is 17.7 Å². The molecule has 8 heteroatoms. The molecular formula is C19H25FN6O. The number of carbonyl (C=O) groups is 1. The molecule has 2 fully saturated rings. The quantitative estimate of drug-likeness (QED) is 0.880. The van der Waals surface area contributed by atoms with E-state index in [1.165, 1.54) is 18.6 Å². The molecule has 1 spiro atoms. The van der Waals surface area contributed by atoms with Crippen LogP contribution in [0.5, 0.6) is 0 Å². The van der Waals surface area contributed by atoms with E-state index in [2.05, 4.69) is 20.8 Å². The van der Waals surface area contributed by atoms with Gasteiger partial charge < -0.3 is 10.2 Å². The van der Waals surface area contributed by atoms with Gasteiger partial charge in [-0.1, -0.05) is 12.1 Å². The number of carbonyl (C=O) groups excluding carboxylic acids is 1. The number of benzene rings is 1. The monoisotopic (exact) mass is 372 g/mol. The number of amides is 1. The van der Waals surface area contributed by atoms with Crippen molar-refractivity contribution in [1.82, 2.24) is 30.4 Å². The van der Waals surface area contributed by atoms with Crippen LogP contribution in [0, 0.1) is 18.2 Å². The average molecular weight is 372 g/mol. The molecule has 1 aromatic heterocycles. The first-order valence-electron chi connectivity index (χ1n) is 9.55. The number of hydrogen-bond acceptors (Lipinski definition) is 5. The van der Waals surface area contributed by atoms with Gasteiger partial charge in [-0.25, -0.2) is 9.07 Å². The zero-order valence-electron chi connectivity index (χ0n) is 15.6. The molecule has 1 aromatic carbocycles. The van der Waals surface area contributed by atoms with Gasteiger partial charge >= 0.3 is 0 Å². The first kappa shape index (κ1) is 18.0. The van der Waals surface area contributed by atoms with Crippen molar-refractivity contribution < 1.29 is 9.18 Å². The van der Waals surface area contributed by atoms with E-state index in [1.807, 2.05) is 4.90 Å². The largest absolute Gasteiger partial charge is 0.341 e. The lowest BCUT2D eigenvalue weighted by Gasteiger charge is -2.40. The van der Waals surface area contributed by atoms with Crippen molar-refractivity contribution in [3.63, 3.8) is 0 Å². The molecule has 27 heavy (non-hydrogen) atoms. The summed E-state index contributed by atoms with van der Waals surface area (Å²) in [4.78, 5) is 15.3. The van der Waals surface area contributed by atoms with Gasteiger partial charge in [0.2, 0.25) is 5.91 Å². The highest BCUT2D eigenvalue weighted by atomic mass is 19.1. The number of likely N-dealkylation sites (tertiary alicyclic amines) is 1. The molecule has 2 saturated heterocycles. The molecule has 4 rings (SSSR count). The van der Waals surface area contributed by atoms with Crippen LogP contribution in [0.1, 0.15) is 36.7 Å². The first-order chi connectivity index (χ1) is 13.1. The van der Waals surface area contributed by atoms with E-state index in [4.69, 9.17) is 0 Å². The topological polar surface area (TPSA) is 75.9 Å². The van der Waals surface area contributed by atoms with Crippen molar-refractivity contribution in [2.75, 3.05) is 26.2 Å². The number of nitrogens with one attached hydrogen (secondary N) is 1. The lowest BCUT2D eigenvalue weighted by Crippen LogP contribution is -2.47. The second kappa shape index (κ2) is 7.34. The van der Waals surface area contributed by atoms with Crippen LogP contribution < -0.4 is 5.32 Å². The smallest absolute Gasteiger partial charge is 0.247 e. The van der Waals surface area contributed by atoms with Gasteiger partial charge in [0.25, 0.3) is 0 Å². The minimum atomic E-state index is -0.513. The summed E-state index contributed by atoms with van der Waals surface area (Å²) in [6.07, 6.45) is 3.70. The number of nitrogens with zero attached hydrogens (tertiary/aromatic N) is 5. The first-order valence-corrected chi connectivity index (χ1v) is 9.55. The lowest BCUT2D eigenvalue weighted by atomic mass is 9.77. The Morgan fingerprint density at radius 2 is 2.00 bits per heavy atom. The Labute approximate surface area is 157 Å². The summed E-state index contributed by atoms with van der Waals surface area (Å²) in [5.74, 6) is 0.353. The SMILES string of the molecule is Cc1nnnn1C(Cc1ccc(F)cc1)C(=O)N1CCC2(CCNC2)CC1. The third kappa shape index (κ3) is 3.71. The van der Waals surface area contributed by atoms with Gasteiger partial charge in [-0.15, -0.1) is 5.10 Å². The van der Waals surface area contributed by atoms with Gasteiger partial charge in [0.05, 0.1) is 0 Å². The molecular weight excluding hydrogens is 347 g/mol. The number of piperidine rings is 1. The molecule has 3 heterocycles. The van der Waals surface area contributed by atoms with Gasteiger partial charge in [0, 0.05) is 26.1 Å². The van der Waals surface area contributed by atoms with Crippen molar-refractivity contribution >= 4 is 5.91 Å². The molecule has 1 N–H and O–H groups in total. The van der Waals surface area contributed by atoms with Gasteiger partial charge in [-0.2, -0.15) is 0 Å². The molecule has 1 unspecified atom stereocenters. The van der Waals surface area contributed by atoms with Crippen molar-refractivity contribution in [2.45, 2.75) is 38.6 Å². The van der Waals surface area contributed by atoms with Crippen LogP contribution in [0.25, 0.3) is 0 Å². The normalized spacial score (nSPS) is 20.1.